The topological polar surface area (TPSA) is 105 Å². The van der Waals surface area contributed by atoms with Gasteiger partial charge in [-0.3, -0.25) is 15.0 Å². The van der Waals surface area contributed by atoms with Gasteiger partial charge in [-0.05, 0) is 38.0 Å². The fourth-order valence-electron chi connectivity index (χ4n) is 2.87. The lowest BCUT2D eigenvalue weighted by atomic mass is 9.77. The highest BCUT2D eigenvalue weighted by Gasteiger charge is 2.52. The minimum atomic E-state index is -0.919. The van der Waals surface area contributed by atoms with Gasteiger partial charge in [0.1, 0.15) is 5.54 Å². The maximum atomic E-state index is 12.5. The van der Waals surface area contributed by atoms with Gasteiger partial charge < -0.3 is 10.1 Å². The Morgan fingerprint density at radius 1 is 1.38 bits per heavy atom. The number of hydrogen-bond acceptors (Lipinski definition) is 5. The van der Waals surface area contributed by atoms with Crippen molar-refractivity contribution >= 4 is 23.8 Å². The molecule has 2 aliphatic rings. The van der Waals surface area contributed by atoms with Crippen LogP contribution < -0.4 is 10.7 Å². The van der Waals surface area contributed by atoms with Crippen LogP contribution in [0.5, 0.6) is 0 Å². The Morgan fingerprint density at radius 2 is 2.04 bits per heavy atom. The third-order valence-corrected chi connectivity index (χ3v) is 4.36. The summed E-state index contributed by atoms with van der Waals surface area (Å²) in [6.07, 6.45) is 6.29. The number of nitrogens with one attached hydrogen (secondary N) is 2. The zero-order chi connectivity index (χ0) is 17.7. The molecule has 0 aromatic rings. The standard InChI is InChI=1S/C16H23N3O5/c1-3-4-5-13(21)24-10-12(20)18-19-14(22)16(17-15(19)23)8-6-11(2)7-9-16/h4-5,11H,3,6-10H2,1-2H3,(H,17,23)(H,18,20)/b5-4+. The molecule has 2 rings (SSSR count). The second-order valence-corrected chi connectivity index (χ2v) is 6.29. The van der Waals surface area contributed by atoms with Crippen molar-refractivity contribution in [2.75, 3.05) is 6.61 Å². The van der Waals surface area contributed by atoms with Crippen LogP contribution in [0.15, 0.2) is 12.2 Å². The first-order valence-corrected chi connectivity index (χ1v) is 8.17. The number of hydrogen-bond donors (Lipinski definition) is 2. The molecule has 8 nitrogen and oxygen atoms in total. The second kappa shape index (κ2) is 7.46. The zero-order valence-corrected chi connectivity index (χ0v) is 14.0. The van der Waals surface area contributed by atoms with Gasteiger partial charge in [0, 0.05) is 6.08 Å². The summed E-state index contributed by atoms with van der Waals surface area (Å²) < 4.78 is 4.73. The van der Waals surface area contributed by atoms with Crippen LogP contribution in [0.2, 0.25) is 0 Å². The van der Waals surface area contributed by atoms with E-state index in [0.717, 1.165) is 12.8 Å². The number of carbonyl (C=O) groups excluding carboxylic acids is 4. The fraction of sp³-hybridized carbons (Fsp3) is 0.625. The number of imide groups is 1. The van der Waals surface area contributed by atoms with Crippen molar-refractivity contribution in [2.24, 2.45) is 5.92 Å². The average Bonchev–Trinajstić information content (AvgIpc) is 2.78. The van der Waals surface area contributed by atoms with Gasteiger partial charge in [0.05, 0.1) is 0 Å². The number of allylic oxidation sites excluding steroid dienone is 1. The third kappa shape index (κ3) is 3.93. The first kappa shape index (κ1) is 18.0. The van der Waals surface area contributed by atoms with Crippen molar-refractivity contribution in [2.45, 2.75) is 51.5 Å². The molecule has 2 N–H and O–H groups in total. The first-order valence-electron chi connectivity index (χ1n) is 8.17. The Hall–Kier alpha value is -2.38. The Balaban J connectivity index is 1.89. The largest absolute Gasteiger partial charge is 0.452 e. The first-order chi connectivity index (χ1) is 11.4. The molecular weight excluding hydrogens is 314 g/mol. The Bertz CT molecular complexity index is 564. The van der Waals surface area contributed by atoms with E-state index in [1.54, 1.807) is 6.08 Å². The highest BCUT2D eigenvalue weighted by atomic mass is 16.5. The van der Waals surface area contributed by atoms with Crippen molar-refractivity contribution in [3.05, 3.63) is 12.2 Å². The SMILES string of the molecule is CC/C=C/C(=O)OCC(=O)NN1C(=O)NC2(CCC(C)CC2)C1=O. The van der Waals surface area contributed by atoms with Gasteiger partial charge in [0.2, 0.25) is 0 Å². The predicted molar refractivity (Wildman–Crippen MR) is 84.3 cm³/mol. The van der Waals surface area contributed by atoms with Crippen LogP contribution in [-0.4, -0.2) is 41.0 Å². The van der Waals surface area contributed by atoms with Crippen LogP contribution >= 0.6 is 0 Å². The van der Waals surface area contributed by atoms with Gasteiger partial charge in [-0.2, -0.15) is 5.01 Å². The third-order valence-electron chi connectivity index (χ3n) is 4.36. The number of hydrazine groups is 1. The van der Waals surface area contributed by atoms with E-state index < -0.39 is 36.0 Å². The molecule has 0 unspecified atom stereocenters. The molecule has 2 fully saturated rings. The molecule has 0 atom stereocenters. The van der Waals surface area contributed by atoms with Crippen molar-refractivity contribution in [1.29, 1.82) is 0 Å². The molecule has 1 aliphatic heterocycles. The van der Waals surface area contributed by atoms with Gasteiger partial charge in [-0.25, -0.2) is 9.59 Å². The fourth-order valence-corrected chi connectivity index (χ4v) is 2.87. The summed E-state index contributed by atoms with van der Waals surface area (Å²) >= 11 is 0. The van der Waals surface area contributed by atoms with Gasteiger partial charge in [-0.15, -0.1) is 0 Å². The summed E-state index contributed by atoms with van der Waals surface area (Å²) in [5, 5.41) is 3.38. The van der Waals surface area contributed by atoms with Crippen LogP contribution in [0.1, 0.15) is 46.0 Å². The van der Waals surface area contributed by atoms with Crippen molar-refractivity contribution in [1.82, 2.24) is 15.8 Å². The summed E-state index contributed by atoms with van der Waals surface area (Å²) in [6, 6.07) is -0.653. The summed E-state index contributed by atoms with van der Waals surface area (Å²) in [5.41, 5.74) is 1.28. The molecule has 132 valence electrons. The Morgan fingerprint density at radius 3 is 2.67 bits per heavy atom. The number of nitrogens with zero attached hydrogens (tertiary/aromatic N) is 1. The molecule has 8 heteroatoms. The molecule has 0 bridgehead atoms. The molecule has 1 saturated carbocycles. The van der Waals surface area contributed by atoms with E-state index in [9.17, 15) is 19.2 Å². The highest BCUT2D eigenvalue weighted by Crippen LogP contribution is 2.35. The molecule has 1 heterocycles. The van der Waals surface area contributed by atoms with Gasteiger partial charge in [-0.1, -0.05) is 19.9 Å². The maximum Gasteiger partial charge on any atom is 0.344 e. The van der Waals surface area contributed by atoms with Crippen LogP contribution in [0, 0.1) is 5.92 Å². The maximum absolute atomic E-state index is 12.5. The summed E-state index contributed by atoms with van der Waals surface area (Å²) in [5.74, 6) is -1.33. The highest BCUT2D eigenvalue weighted by molar-refractivity contribution is 6.08. The van der Waals surface area contributed by atoms with Crippen LogP contribution in [0.4, 0.5) is 4.79 Å². The molecule has 1 spiro atoms. The quantitative estimate of drug-likeness (QED) is 0.443. The minimum Gasteiger partial charge on any atom is -0.452 e. The summed E-state index contributed by atoms with van der Waals surface area (Å²) in [7, 11) is 0. The van der Waals surface area contributed by atoms with E-state index in [1.165, 1.54) is 6.08 Å². The molecule has 0 aromatic carbocycles. The summed E-state index contributed by atoms with van der Waals surface area (Å²) in [6.45, 7) is 3.40. The number of amides is 4. The predicted octanol–water partition coefficient (Wildman–Crippen LogP) is 1.03. The van der Waals surface area contributed by atoms with E-state index in [-0.39, 0.29) is 0 Å². The lowest BCUT2D eigenvalue weighted by Gasteiger charge is -2.33. The zero-order valence-electron chi connectivity index (χ0n) is 14.0. The number of esters is 1. The molecule has 4 amide bonds. The monoisotopic (exact) mass is 337 g/mol. The van der Waals surface area contributed by atoms with E-state index in [1.807, 2.05) is 6.92 Å². The molecule has 1 aliphatic carbocycles. The van der Waals surface area contributed by atoms with E-state index in [0.29, 0.717) is 30.2 Å². The molecular formula is C16H23N3O5. The van der Waals surface area contributed by atoms with Crippen molar-refractivity contribution in [3.8, 4) is 0 Å². The smallest absolute Gasteiger partial charge is 0.344 e. The lowest BCUT2D eigenvalue weighted by Crippen LogP contribution is -2.52. The van der Waals surface area contributed by atoms with Gasteiger partial charge in [0.15, 0.2) is 6.61 Å². The Kier molecular flexibility index (Phi) is 5.58. The average molecular weight is 337 g/mol. The van der Waals surface area contributed by atoms with E-state index in [4.69, 9.17) is 4.74 Å². The lowest BCUT2D eigenvalue weighted by molar-refractivity contribution is -0.147. The number of urea groups is 1. The number of ether oxygens (including phenoxy) is 1. The second-order valence-electron chi connectivity index (χ2n) is 6.29. The molecule has 0 aromatic heterocycles. The van der Waals surface area contributed by atoms with Crippen LogP contribution in [-0.2, 0) is 19.1 Å². The van der Waals surface area contributed by atoms with Crippen LogP contribution in [0.25, 0.3) is 0 Å². The van der Waals surface area contributed by atoms with E-state index in [2.05, 4.69) is 17.7 Å². The van der Waals surface area contributed by atoms with Crippen molar-refractivity contribution < 1.29 is 23.9 Å². The number of carbonyl (C=O) groups is 4. The van der Waals surface area contributed by atoms with Gasteiger partial charge >= 0.3 is 12.0 Å². The van der Waals surface area contributed by atoms with Crippen molar-refractivity contribution in [3.63, 3.8) is 0 Å². The minimum absolute atomic E-state index is 0.454. The molecule has 0 radical (unpaired) electrons. The Labute approximate surface area is 140 Å². The molecule has 1 saturated heterocycles. The van der Waals surface area contributed by atoms with Crippen LogP contribution in [0.3, 0.4) is 0 Å². The van der Waals surface area contributed by atoms with Gasteiger partial charge in [0.25, 0.3) is 11.8 Å². The summed E-state index contributed by atoms with van der Waals surface area (Å²) in [4.78, 5) is 47.6. The number of rotatable bonds is 5. The normalized spacial score (nSPS) is 26.8. The molecule has 24 heavy (non-hydrogen) atoms. The van der Waals surface area contributed by atoms with E-state index >= 15 is 0 Å².